The molecular weight excluding hydrogens is 299 g/mol. The van der Waals surface area contributed by atoms with E-state index in [2.05, 4.69) is 5.32 Å². The molecule has 0 saturated carbocycles. The van der Waals surface area contributed by atoms with Gasteiger partial charge in [-0.2, -0.15) is 0 Å². The molecule has 0 spiro atoms. The monoisotopic (exact) mass is 320 g/mol. The summed E-state index contributed by atoms with van der Waals surface area (Å²) in [6, 6.07) is 6.05. The zero-order chi connectivity index (χ0) is 16.4. The molecule has 0 bridgehead atoms. The summed E-state index contributed by atoms with van der Waals surface area (Å²) in [7, 11) is 0. The lowest BCUT2D eigenvalue weighted by atomic mass is 10.1. The van der Waals surface area contributed by atoms with Crippen LogP contribution in [0, 0.1) is 11.7 Å². The van der Waals surface area contributed by atoms with Crippen molar-refractivity contribution in [2.75, 3.05) is 18.1 Å². The average molecular weight is 320 g/mol. The van der Waals surface area contributed by atoms with E-state index in [-0.39, 0.29) is 42.6 Å². The molecule has 124 valence electrons. The van der Waals surface area contributed by atoms with Crippen LogP contribution in [0.15, 0.2) is 24.3 Å². The minimum atomic E-state index is -0.453. The van der Waals surface area contributed by atoms with Gasteiger partial charge >= 0.3 is 0 Å². The van der Waals surface area contributed by atoms with Crippen molar-refractivity contribution in [3.8, 4) is 0 Å². The van der Waals surface area contributed by atoms with Crippen LogP contribution in [0.3, 0.4) is 0 Å². The molecule has 1 aromatic rings. The lowest BCUT2D eigenvalue weighted by Gasteiger charge is -2.22. The first-order valence-electron chi connectivity index (χ1n) is 8.03. The number of carbonyl (C=O) groups excluding carboxylic acids is 2. The summed E-state index contributed by atoms with van der Waals surface area (Å²) in [5.74, 6) is -1.29. The van der Waals surface area contributed by atoms with Crippen molar-refractivity contribution in [2.45, 2.75) is 38.3 Å². The number of para-hydroxylation sites is 1. The minimum Gasteiger partial charge on any atom is -0.376 e. The van der Waals surface area contributed by atoms with E-state index in [1.165, 1.54) is 11.0 Å². The molecule has 5 nitrogen and oxygen atoms in total. The zero-order valence-electron chi connectivity index (χ0n) is 13.1. The maximum atomic E-state index is 13.8. The van der Waals surface area contributed by atoms with Crippen molar-refractivity contribution in [2.24, 2.45) is 5.92 Å². The van der Waals surface area contributed by atoms with Crippen LogP contribution in [0.5, 0.6) is 0 Å². The molecule has 1 aromatic carbocycles. The Hall–Kier alpha value is -1.95. The Labute approximate surface area is 134 Å². The highest BCUT2D eigenvalue weighted by molar-refractivity contribution is 6.00. The highest BCUT2D eigenvalue weighted by Crippen LogP contribution is 2.27. The van der Waals surface area contributed by atoms with Gasteiger partial charge in [0.25, 0.3) is 0 Å². The molecule has 2 aliphatic heterocycles. The lowest BCUT2D eigenvalue weighted by molar-refractivity contribution is -0.127. The maximum absolute atomic E-state index is 13.8. The third-order valence-corrected chi connectivity index (χ3v) is 4.53. The summed E-state index contributed by atoms with van der Waals surface area (Å²) in [4.78, 5) is 25.9. The Morgan fingerprint density at radius 2 is 2.22 bits per heavy atom. The van der Waals surface area contributed by atoms with E-state index in [4.69, 9.17) is 4.74 Å². The molecule has 2 heterocycles. The summed E-state index contributed by atoms with van der Waals surface area (Å²) >= 11 is 0. The van der Waals surface area contributed by atoms with Gasteiger partial charge in [-0.25, -0.2) is 4.39 Å². The van der Waals surface area contributed by atoms with Crippen LogP contribution < -0.4 is 10.2 Å². The summed E-state index contributed by atoms with van der Waals surface area (Å²) in [5, 5.41) is 2.93. The SMILES string of the molecule is C[C@H](NC(=O)[C@@H]1CC(=O)N(c2ccccc2F)C1)[C@@H]1CCCO1. The molecule has 0 aliphatic carbocycles. The van der Waals surface area contributed by atoms with Crippen molar-refractivity contribution in [1.29, 1.82) is 0 Å². The Balaban J connectivity index is 1.62. The Bertz CT molecular complexity index is 601. The second-order valence-electron chi connectivity index (χ2n) is 6.21. The van der Waals surface area contributed by atoms with Crippen molar-refractivity contribution in [3.63, 3.8) is 0 Å². The van der Waals surface area contributed by atoms with Gasteiger partial charge in [0.15, 0.2) is 0 Å². The van der Waals surface area contributed by atoms with Gasteiger partial charge in [-0.05, 0) is 31.9 Å². The molecular formula is C17H21FN2O3. The lowest BCUT2D eigenvalue weighted by Crippen LogP contribution is -2.44. The van der Waals surface area contributed by atoms with Gasteiger partial charge in [0.1, 0.15) is 5.82 Å². The van der Waals surface area contributed by atoms with E-state index < -0.39 is 11.7 Å². The summed E-state index contributed by atoms with van der Waals surface area (Å²) in [5.41, 5.74) is 0.236. The number of hydrogen-bond acceptors (Lipinski definition) is 3. The molecule has 0 aromatic heterocycles. The summed E-state index contributed by atoms with van der Waals surface area (Å²) in [6.45, 7) is 2.86. The second kappa shape index (κ2) is 6.66. The van der Waals surface area contributed by atoms with E-state index in [1.807, 2.05) is 6.92 Å². The van der Waals surface area contributed by atoms with Crippen LogP contribution in [-0.2, 0) is 14.3 Å². The molecule has 2 aliphatic rings. The fourth-order valence-corrected chi connectivity index (χ4v) is 3.22. The average Bonchev–Trinajstić information content (AvgIpc) is 3.17. The number of anilines is 1. The topological polar surface area (TPSA) is 58.6 Å². The van der Waals surface area contributed by atoms with E-state index in [0.29, 0.717) is 0 Å². The van der Waals surface area contributed by atoms with Crippen molar-refractivity contribution in [3.05, 3.63) is 30.1 Å². The van der Waals surface area contributed by atoms with Gasteiger partial charge in [-0.1, -0.05) is 12.1 Å². The van der Waals surface area contributed by atoms with E-state index in [9.17, 15) is 14.0 Å². The van der Waals surface area contributed by atoms with Crippen LogP contribution in [0.1, 0.15) is 26.2 Å². The van der Waals surface area contributed by atoms with Crippen LogP contribution >= 0.6 is 0 Å². The predicted octanol–water partition coefficient (Wildman–Crippen LogP) is 1.86. The van der Waals surface area contributed by atoms with E-state index in [0.717, 1.165) is 19.4 Å². The maximum Gasteiger partial charge on any atom is 0.227 e. The molecule has 23 heavy (non-hydrogen) atoms. The molecule has 3 atom stereocenters. The highest BCUT2D eigenvalue weighted by atomic mass is 19.1. The van der Waals surface area contributed by atoms with Crippen molar-refractivity contribution < 1.29 is 18.7 Å². The Morgan fingerprint density at radius 3 is 2.91 bits per heavy atom. The van der Waals surface area contributed by atoms with E-state index >= 15 is 0 Å². The second-order valence-corrected chi connectivity index (χ2v) is 6.21. The standard InChI is InChI=1S/C17H21FN2O3/c1-11(15-7-4-8-23-15)19-17(22)12-9-16(21)20(10-12)14-6-3-2-5-13(14)18/h2-3,5-6,11-12,15H,4,7-10H2,1H3,(H,19,22)/t11-,12+,15-/m0/s1. The normalized spacial score (nSPS) is 25.7. The number of halogens is 1. The first-order chi connectivity index (χ1) is 11.1. The van der Waals surface area contributed by atoms with E-state index in [1.54, 1.807) is 18.2 Å². The fraction of sp³-hybridized carbons (Fsp3) is 0.529. The number of ether oxygens (including phenoxy) is 1. The molecule has 6 heteroatoms. The number of rotatable bonds is 4. The van der Waals surface area contributed by atoms with Crippen LogP contribution in [0.2, 0.25) is 0 Å². The fourth-order valence-electron chi connectivity index (χ4n) is 3.22. The molecule has 2 saturated heterocycles. The Kier molecular flexibility index (Phi) is 4.61. The number of amides is 2. The summed E-state index contributed by atoms with van der Waals surface area (Å²) < 4.78 is 19.4. The zero-order valence-corrected chi connectivity index (χ0v) is 13.1. The predicted molar refractivity (Wildman–Crippen MR) is 83.4 cm³/mol. The van der Waals surface area contributed by atoms with Gasteiger partial charge in [0.05, 0.1) is 23.8 Å². The summed E-state index contributed by atoms with van der Waals surface area (Å²) in [6.07, 6.45) is 2.09. The van der Waals surface area contributed by atoms with Crippen molar-refractivity contribution >= 4 is 17.5 Å². The third kappa shape index (κ3) is 3.37. The molecule has 2 fully saturated rings. The van der Waals surface area contributed by atoms with Crippen molar-refractivity contribution in [1.82, 2.24) is 5.32 Å². The first kappa shape index (κ1) is 15.9. The van der Waals surface area contributed by atoms with Gasteiger partial charge < -0.3 is 15.0 Å². The molecule has 2 amide bonds. The van der Waals surface area contributed by atoms with Crippen LogP contribution in [0.4, 0.5) is 10.1 Å². The highest BCUT2D eigenvalue weighted by Gasteiger charge is 2.37. The molecule has 0 radical (unpaired) electrons. The molecule has 1 N–H and O–H groups in total. The van der Waals surface area contributed by atoms with Crippen LogP contribution in [0.25, 0.3) is 0 Å². The van der Waals surface area contributed by atoms with Gasteiger partial charge in [0, 0.05) is 19.6 Å². The largest absolute Gasteiger partial charge is 0.376 e. The van der Waals surface area contributed by atoms with Gasteiger partial charge in [-0.15, -0.1) is 0 Å². The smallest absolute Gasteiger partial charge is 0.227 e. The molecule has 3 rings (SSSR count). The van der Waals surface area contributed by atoms with Crippen LogP contribution in [-0.4, -0.2) is 37.1 Å². The number of nitrogens with zero attached hydrogens (tertiary/aromatic N) is 1. The number of carbonyl (C=O) groups is 2. The molecule has 0 unspecified atom stereocenters. The first-order valence-corrected chi connectivity index (χ1v) is 8.03. The number of hydrogen-bond donors (Lipinski definition) is 1. The Morgan fingerprint density at radius 1 is 1.43 bits per heavy atom. The number of nitrogens with one attached hydrogen (secondary N) is 1. The number of benzene rings is 1. The quantitative estimate of drug-likeness (QED) is 0.921. The third-order valence-electron chi connectivity index (χ3n) is 4.53. The minimum absolute atomic E-state index is 0.0405. The van der Waals surface area contributed by atoms with Gasteiger partial charge in [0.2, 0.25) is 11.8 Å². The van der Waals surface area contributed by atoms with Gasteiger partial charge in [-0.3, -0.25) is 9.59 Å².